The Bertz CT molecular complexity index is 719. The third kappa shape index (κ3) is 2.59. The Labute approximate surface area is 143 Å². The van der Waals surface area contributed by atoms with Gasteiger partial charge in [0.15, 0.2) is 5.78 Å². The number of hydrogen-bond donors (Lipinski definition) is 0. The Kier molecular flexibility index (Phi) is 5.17. The second kappa shape index (κ2) is 7.11. The van der Waals surface area contributed by atoms with Crippen molar-refractivity contribution in [3.8, 4) is 12.1 Å². The van der Waals surface area contributed by atoms with E-state index in [9.17, 15) is 15.3 Å². The molecular formula is C21H20N2O. The second-order valence-electron chi connectivity index (χ2n) is 5.80. The molecule has 0 aromatic heterocycles. The van der Waals surface area contributed by atoms with E-state index in [0.717, 1.165) is 0 Å². The zero-order valence-corrected chi connectivity index (χ0v) is 14.0. The number of carbonyl (C=O) groups is 1. The van der Waals surface area contributed by atoms with Crippen LogP contribution in [0, 0.1) is 22.7 Å². The van der Waals surface area contributed by atoms with E-state index >= 15 is 0 Å². The van der Waals surface area contributed by atoms with Gasteiger partial charge in [0.25, 0.3) is 0 Å². The zero-order chi connectivity index (χ0) is 17.6. The van der Waals surface area contributed by atoms with Crippen molar-refractivity contribution >= 4 is 5.78 Å². The predicted octanol–water partition coefficient (Wildman–Crippen LogP) is 4.30. The summed E-state index contributed by atoms with van der Waals surface area (Å²) in [5, 5.41) is 19.8. The normalized spacial score (nSPS) is 15.3. The highest BCUT2D eigenvalue weighted by molar-refractivity contribution is 6.03. The van der Waals surface area contributed by atoms with E-state index in [1.165, 1.54) is 0 Å². The van der Waals surface area contributed by atoms with Crippen molar-refractivity contribution in [2.24, 2.45) is 0 Å². The zero-order valence-electron chi connectivity index (χ0n) is 14.0. The van der Waals surface area contributed by atoms with E-state index in [4.69, 9.17) is 0 Å². The molecule has 120 valence electrons. The summed E-state index contributed by atoms with van der Waals surface area (Å²) in [6.45, 7) is 3.63. The van der Waals surface area contributed by atoms with Gasteiger partial charge in [-0.1, -0.05) is 74.5 Å². The SMILES string of the molecule is CC[C@@](C#N)(C(=O)[C@](C#N)(CC)c1ccccc1)c1ccccc1. The maximum atomic E-state index is 13.6. The van der Waals surface area contributed by atoms with Gasteiger partial charge in [-0.2, -0.15) is 10.5 Å². The highest BCUT2D eigenvalue weighted by Gasteiger charge is 2.51. The second-order valence-corrected chi connectivity index (χ2v) is 5.80. The molecule has 24 heavy (non-hydrogen) atoms. The van der Waals surface area contributed by atoms with E-state index in [2.05, 4.69) is 12.1 Å². The van der Waals surface area contributed by atoms with Crippen LogP contribution in [0.25, 0.3) is 0 Å². The molecule has 2 atom stereocenters. The fourth-order valence-electron chi connectivity index (χ4n) is 3.19. The number of carbonyl (C=O) groups excluding carboxylic acids is 1. The summed E-state index contributed by atoms with van der Waals surface area (Å²) in [5.74, 6) is -0.345. The van der Waals surface area contributed by atoms with E-state index in [1.54, 1.807) is 24.3 Å². The molecule has 2 rings (SSSR count). The van der Waals surface area contributed by atoms with Crippen molar-refractivity contribution < 1.29 is 4.79 Å². The number of benzene rings is 2. The highest BCUT2D eigenvalue weighted by atomic mass is 16.1. The van der Waals surface area contributed by atoms with E-state index in [0.29, 0.717) is 24.0 Å². The van der Waals surface area contributed by atoms with Crippen LogP contribution in [0.2, 0.25) is 0 Å². The predicted molar refractivity (Wildman–Crippen MR) is 93.1 cm³/mol. The summed E-state index contributed by atoms with van der Waals surface area (Å²) in [6, 6.07) is 22.5. The van der Waals surface area contributed by atoms with Crippen molar-refractivity contribution in [1.29, 1.82) is 10.5 Å². The molecule has 0 amide bonds. The summed E-state index contributed by atoms with van der Waals surface area (Å²) in [7, 11) is 0. The lowest BCUT2D eigenvalue weighted by Crippen LogP contribution is -2.47. The van der Waals surface area contributed by atoms with Gasteiger partial charge in [0.2, 0.25) is 0 Å². The summed E-state index contributed by atoms with van der Waals surface area (Å²) < 4.78 is 0. The summed E-state index contributed by atoms with van der Waals surface area (Å²) >= 11 is 0. The van der Waals surface area contributed by atoms with Crippen LogP contribution in [0.4, 0.5) is 0 Å². The number of nitrogens with zero attached hydrogens (tertiary/aromatic N) is 2. The van der Waals surface area contributed by atoms with Crippen LogP contribution in [-0.2, 0) is 15.6 Å². The first-order valence-electron chi connectivity index (χ1n) is 8.09. The molecule has 0 N–H and O–H groups in total. The number of ketones is 1. The molecule has 0 aliphatic carbocycles. The minimum Gasteiger partial charge on any atom is -0.295 e. The molecule has 2 aromatic carbocycles. The van der Waals surface area contributed by atoms with Crippen LogP contribution in [0.15, 0.2) is 60.7 Å². The number of Topliss-reactive ketones (excluding diaryl/α,β-unsaturated/α-hetero) is 1. The van der Waals surface area contributed by atoms with Crippen LogP contribution in [-0.4, -0.2) is 5.78 Å². The quantitative estimate of drug-likeness (QED) is 0.798. The van der Waals surface area contributed by atoms with Crippen LogP contribution >= 0.6 is 0 Å². The fraction of sp³-hybridized carbons (Fsp3) is 0.286. The third-order valence-electron chi connectivity index (χ3n) is 4.75. The number of nitriles is 2. The van der Waals surface area contributed by atoms with Crippen molar-refractivity contribution in [2.45, 2.75) is 37.5 Å². The average molecular weight is 316 g/mol. The molecule has 2 aromatic rings. The van der Waals surface area contributed by atoms with Gasteiger partial charge in [0.05, 0.1) is 12.1 Å². The maximum absolute atomic E-state index is 13.6. The molecule has 0 saturated heterocycles. The van der Waals surface area contributed by atoms with Gasteiger partial charge in [0.1, 0.15) is 10.8 Å². The molecule has 0 aliphatic heterocycles. The fourth-order valence-corrected chi connectivity index (χ4v) is 3.19. The molecule has 0 fully saturated rings. The smallest absolute Gasteiger partial charge is 0.182 e. The van der Waals surface area contributed by atoms with Gasteiger partial charge < -0.3 is 0 Å². The lowest BCUT2D eigenvalue weighted by Gasteiger charge is -2.33. The Morgan fingerprint density at radius 1 is 0.792 bits per heavy atom. The molecule has 0 radical (unpaired) electrons. The molecule has 0 heterocycles. The first-order valence-corrected chi connectivity index (χ1v) is 8.09. The lowest BCUT2D eigenvalue weighted by atomic mass is 9.63. The van der Waals surface area contributed by atoms with Crippen molar-refractivity contribution in [1.82, 2.24) is 0 Å². The van der Waals surface area contributed by atoms with Gasteiger partial charge in [-0.05, 0) is 24.0 Å². The van der Waals surface area contributed by atoms with Gasteiger partial charge in [0, 0.05) is 0 Å². The Morgan fingerprint density at radius 3 is 1.38 bits per heavy atom. The summed E-state index contributed by atoms with van der Waals surface area (Å²) in [4.78, 5) is 13.6. The topological polar surface area (TPSA) is 64.7 Å². The van der Waals surface area contributed by atoms with Gasteiger partial charge in [-0.15, -0.1) is 0 Å². The van der Waals surface area contributed by atoms with Gasteiger partial charge in [-0.25, -0.2) is 0 Å². The maximum Gasteiger partial charge on any atom is 0.182 e. The Morgan fingerprint density at radius 2 is 1.12 bits per heavy atom. The first-order chi connectivity index (χ1) is 11.6. The van der Waals surface area contributed by atoms with Crippen molar-refractivity contribution in [3.05, 3.63) is 71.8 Å². The Hall–Kier alpha value is -2.91. The van der Waals surface area contributed by atoms with Gasteiger partial charge >= 0.3 is 0 Å². The monoisotopic (exact) mass is 316 g/mol. The summed E-state index contributed by atoms with van der Waals surface area (Å²) in [5.41, 5.74) is -1.38. The summed E-state index contributed by atoms with van der Waals surface area (Å²) in [6.07, 6.45) is 0.644. The molecule has 3 nitrogen and oxygen atoms in total. The van der Waals surface area contributed by atoms with E-state index < -0.39 is 10.8 Å². The van der Waals surface area contributed by atoms with Crippen LogP contribution in [0.3, 0.4) is 0 Å². The number of hydrogen-bond acceptors (Lipinski definition) is 3. The van der Waals surface area contributed by atoms with Crippen LogP contribution in [0.1, 0.15) is 37.8 Å². The number of rotatable bonds is 6. The van der Waals surface area contributed by atoms with Crippen LogP contribution < -0.4 is 0 Å². The lowest BCUT2D eigenvalue weighted by molar-refractivity contribution is -0.126. The molecule has 0 saturated carbocycles. The van der Waals surface area contributed by atoms with Gasteiger partial charge in [-0.3, -0.25) is 4.79 Å². The van der Waals surface area contributed by atoms with Crippen molar-refractivity contribution in [3.63, 3.8) is 0 Å². The molecule has 0 bridgehead atoms. The molecule has 0 unspecified atom stereocenters. The molecular weight excluding hydrogens is 296 g/mol. The van der Waals surface area contributed by atoms with Crippen molar-refractivity contribution in [2.75, 3.05) is 0 Å². The Balaban J connectivity index is 2.69. The minimum absolute atomic E-state index is 0.322. The van der Waals surface area contributed by atoms with Crippen LogP contribution in [0.5, 0.6) is 0 Å². The molecule has 0 aliphatic rings. The standard InChI is InChI=1S/C21H20N2O/c1-3-20(15-22,17-11-7-5-8-12-17)19(24)21(4-2,16-23)18-13-9-6-10-14-18/h5-14H,3-4H2,1-2H3/t20-,21-/m0/s1. The average Bonchev–Trinajstić information content (AvgIpc) is 2.66. The largest absolute Gasteiger partial charge is 0.295 e. The van der Waals surface area contributed by atoms with E-state index in [1.807, 2.05) is 50.2 Å². The van der Waals surface area contributed by atoms with E-state index in [-0.39, 0.29) is 5.78 Å². The first kappa shape index (κ1) is 17.4. The molecule has 0 spiro atoms. The third-order valence-corrected chi connectivity index (χ3v) is 4.75. The highest BCUT2D eigenvalue weighted by Crippen LogP contribution is 2.39. The molecule has 3 heteroatoms. The minimum atomic E-state index is -1.33.